The third-order valence-electron chi connectivity index (χ3n) is 1.55. The Labute approximate surface area is 69.4 Å². The molecule has 0 radical (unpaired) electrons. The summed E-state index contributed by atoms with van der Waals surface area (Å²) in [5.74, 6) is 0.137. The lowest BCUT2D eigenvalue weighted by Crippen LogP contribution is -2.03. The van der Waals surface area contributed by atoms with Crippen LogP contribution in [-0.2, 0) is 0 Å². The molecule has 1 heterocycles. The maximum absolute atomic E-state index is 12.1. The lowest BCUT2D eigenvalue weighted by Gasteiger charge is -1.98. The summed E-state index contributed by atoms with van der Waals surface area (Å²) < 4.78 is 24.1. The van der Waals surface area contributed by atoms with Crippen molar-refractivity contribution in [2.45, 2.75) is 33.2 Å². The first-order chi connectivity index (χ1) is 5.52. The molecule has 1 rings (SSSR count). The molecule has 0 amide bonds. The number of hydrogen-bond donors (Lipinski definition) is 0. The highest BCUT2D eigenvalue weighted by molar-refractivity contribution is 5.10. The predicted molar refractivity (Wildman–Crippen MR) is 40.1 cm³/mol. The van der Waals surface area contributed by atoms with Crippen molar-refractivity contribution in [1.29, 1.82) is 0 Å². The molecule has 68 valence electrons. The van der Waals surface area contributed by atoms with Gasteiger partial charge in [-0.3, -0.25) is 0 Å². The van der Waals surface area contributed by atoms with Crippen LogP contribution in [-0.4, -0.2) is 15.0 Å². The van der Waals surface area contributed by atoms with Gasteiger partial charge in [0.25, 0.3) is 0 Å². The van der Waals surface area contributed by atoms with Crippen molar-refractivity contribution in [3.8, 4) is 0 Å². The van der Waals surface area contributed by atoms with Gasteiger partial charge in [-0.05, 0) is 12.8 Å². The van der Waals surface area contributed by atoms with Crippen LogP contribution in [0.25, 0.3) is 0 Å². The molecule has 0 unspecified atom stereocenters. The number of halogens is 2. The Morgan fingerprint density at radius 1 is 1.25 bits per heavy atom. The maximum atomic E-state index is 12.1. The molecule has 0 aliphatic carbocycles. The molecular weight excluding hydrogens is 164 g/mol. The number of aryl methyl sites for hydroxylation is 1. The molecule has 0 spiro atoms. The number of alkyl halides is 2. The van der Waals surface area contributed by atoms with Crippen LogP contribution in [0.15, 0.2) is 0 Å². The highest BCUT2D eigenvalue weighted by Crippen LogP contribution is 2.16. The largest absolute Gasteiger partial charge is 0.348 e. The summed E-state index contributed by atoms with van der Waals surface area (Å²) in [6, 6.07) is 0. The minimum absolute atomic E-state index is 0.137. The van der Waals surface area contributed by atoms with Gasteiger partial charge >= 0.3 is 6.55 Å². The van der Waals surface area contributed by atoms with Gasteiger partial charge in [-0.2, -0.15) is 19.0 Å². The number of aromatic nitrogens is 3. The number of rotatable bonds is 2. The van der Waals surface area contributed by atoms with Gasteiger partial charge in [0.1, 0.15) is 0 Å². The fourth-order valence-electron chi connectivity index (χ4n) is 1.03. The van der Waals surface area contributed by atoms with E-state index in [2.05, 4.69) is 10.2 Å². The molecule has 5 heteroatoms. The van der Waals surface area contributed by atoms with Gasteiger partial charge in [0.05, 0.1) is 11.4 Å². The van der Waals surface area contributed by atoms with E-state index in [4.69, 9.17) is 0 Å². The molecule has 0 bridgehead atoms. The Morgan fingerprint density at radius 2 is 1.83 bits per heavy atom. The fraction of sp³-hybridized carbons (Fsp3) is 0.714. The van der Waals surface area contributed by atoms with E-state index in [0.717, 1.165) is 0 Å². The summed E-state index contributed by atoms with van der Waals surface area (Å²) >= 11 is 0. The van der Waals surface area contributed by atoms with Crippen molar-refractivity contribution in [2.24, 2.45) is 0 Å². The van der Waals surface area contributed by atoms with Crippen LogP contribution < -0.4 is 0 Å². The molecule has 12 heavy (non-hydrogen) atoms. The van der Waals surface area contributed by atoms with E-state index in [1.165, 1.54) is 0 Å². The molecular formula is C7H11F2N3. The zero-order valence-electron chi connectivity index (χ0n) is 7.25. The summed E-state index contributed by atoms with van der Waals surface area (Å²) in [5.41, 5.74) is 1.21. The van der Waals surface area contributed by atoms with E-state index in [-0.39, 0.29) is 5.92 Å². The van der Waals surface area contributed by atoms with Crippen LogP contribution in [0.5, 0.6) is 0 Å². The van der Waals surface area contributed by atoms with Crippen molar-refractivity contribution in [2.75, 3.05) is 0 Å². The van der Waals surface area contributed by atoms with Crippen molar-refractivity contribution < 1.29 is 8.78 Å². The van der Waals surface area contributed by atoms with Gasteiger partial charge in [-0.15, -0.1) is 4.80 Å². The van der Waals surface area contributed by atoms with Crippen LogP contribution in [0.3, 0.4) is 0 Å². The van der Waals surface area contributed by atoms with E-state index in [9.17, 15) is 8.78 Å². The molecule has 0 aliphatic rings. The summed E-state index contributed by atoms with van der Waals surface area (Å²) in [4.78, 5) is 0.449. The molecule has 1 aromatic rings. The predicted octanol–water partition coefficient (Wildman–Crippen LogP) is 2.11. The van der Waals surface area contributed by atoms with Gasteiger partial charge in [0.15, 0.2) is 0 Å². The van der Waals surface area contributed by atoms with E-state index < -0.39 is 6.55 Å². The van der Waals surface area contributed by atoms with Crippen LogP contribution >= 0.6 is 0 Å². The average molecular weight is 175 g/mol. The Morgan fingerprint density at radius 3 is 2.08 bits per heavy atom. The molecule has 0 saturated heterocycles. The van der Waals surface area contributed by atoms with E-state index in [1.807, 2.05) is 13.8 Å². The topological polar surface area (TPSA) is 30.7 Å². The first-order valence-corrected chi connectivity index (χ1v) is 3.74. The van der Waals surface area contributed by atoms with E-state index in [1.54, 1.807) is 6.92 Å². The van der Waals surface area contributed by atoms with Crippen molar-refractivity contribution in [3.63, 3.8) is 0 Å². The Hall–Kier alpha value is -1.00. The zero-order chi connectivity index (χ0) is 9.30. The van der Waals surface area contributed by atoms with Crippen molar-refractivity contribution in [3.05, 3.63) is 11.4 Å². The van der Waals surface area contributed by atoms with Gasteiger partial charge < -0.3 is 0 Å². The maximum Gasteiger partial charge on any atom is 0.348 e. The Bertz CT molecular complexity index is 268. The highest BCUT2D eigenvalue weighted by Gasteiger charge is 2.14. The van der Waals surface area contributed by atoms with Crippen LogP contribution in [0.2, 0.25) is 0 Å². The lowest BCUT2D eigenvalue weighted by atomic mass is 10.1. The highest BCUT2D eigenvalue weighted by atomic mass is 19.3. The first-order valence-electron chi connectivity index (χ1n) is 3.74. The van der Waals surface area contributed by atoms with Gasteiger partial charge in [0.2, 0.25) is 0 Å². The van der Waals surface area contributed by atoms with E-state index in [0.29, 0.717) is 16.2 Å². The minimum Gasteiger partial charge on any atom is -0.182 e. The smallest absolute Gasteiger partial charge is 0.182 e. The second-order valence-corrected chi connectivity index (χ2v) is 2.92. The summed E-state index contributed by atoms with van der Waals surface area (Å²) in [6.45, 7) is 2.83. The monoisotopic (exact) mass is 175 g/mol. The number of nitrogens with zero attached hydrogens (tertiary/aromatic N) is 3. The van der Waals surface area contributed by atoms with Crippen molar-refractivity contribution in [1.82, 2.24) is 15.0 Å². The molecule has 0 aromatic carbocycles. The lowest BCUT2D eigenvalue weighted by molar-refractivity contribution is 0.0406. The number of hydrogen-bond acceptors (Lipinski definition) is 2. The fourth-order valence-corrected chi connectivity index (χ4v) is 1.03. The minimum atomic E-state index is -2.64. The molecule has 0 aliphatic heterocycles. The Kier molecular flexibility index (Phi) is 2.40. The second kappa shape index (κ2) is 3.16. The SMILES string of the molecule is Cc1nn(C(F)F)nc1C(C)C. The average Bonchev–Trinajstić information content (AvgIpc) is 2.30. The normalized spacial score (nSPS) is 11.6. The molecule has 0 saturated carbocycles. The van der Waals surface area contributed by atoms with Crippen molar-refractivity contribution >= 4 is 0 Å². The van der Waals surface area contributed by atoms with Crippen LogP contribution in [0.4, 0.5) is 8.78 Å². The van der Waals surface area contributed by atoms with Gasteiger partial charge in [0, 0.05) is 0 Å². The quantitative estimate of drug-likeness (QED) is 0.689. The summed E-state index contributed by atoms with van der Waals surface area (Å²) in [5, 5.41) is 7.25. The molecule has 1 aromatic heterocycles. The molecule has 0 atom stereocenters. The van der Waals surface area contributed by atoms with E-state index >= 15 is 0 Å². The third-order valence-corrected chi connectivity index (χ3v) is 1.55. The zero-order valence-corrected chi connectivity index (χ0v) is 7.25. The van der Waals surface area contributed by atoms with Crippen LogP contribution in [0, 0.1) is 6.92 Å². The first kappa shape index (κ1) is 9.09. The molecule has 0 fully saturated rings. The second-order valence-electron chi connectivity index (χ2n) is 2.92. The molecule has 0 N–H and O–H groups in total. The Balaban J connectivity index is 3.00. The standard InChI is InChI=1S/C7H11F2N3/c1-4(2)6-5(3)10-12(11-6)7(8)9/h4,7H,1-3H3. The van der Waals surface area contributed by atoms with Gasteiger partial charge in [-0.25, -0.2) is 0 Å². The van der Waals surface area contributed by atoms with Crippen LogP contribution in [0.1, 0.15) is 37.7 Å². The third kappa shape index (κ3) is 1.60. The van der Waals surface area contributed by atoms with Gasteiger partial charge in [-0.1, -0.05) is 13.8 Å². The summed E-state index contributed by atoms with van der Waals surface area (Å²) in [6.07, 6.45) is 0. The molecule has 3 nitrogen and oxygen atoms in total. The summed E-state index contributed by atoms with van der Waals surface area (Å²) in [7, 11) is 0.